The van der Waals surface area contributed by atoms with Crippen LogP contribution < -0.4 is 5.32 Å². The predicted octanol–water partition coefficient (Wildman–Crippen LogP) is 6.16. The summed E-state index contributed by atoms with van der Waals surface area (Å²) in [6.45, 7) is 0.479. The van der Waals surface area contributed by atoms with Gasteiger partial charge in [-0.3, -0.25) is 19.3 Å². The second-order valence-electron chi connectivity index (χ2n) is 9.84. The SMILES string of the molecule is COC(=O)c1c(NC(=O)CCCCCCCCCCN2C(=O)c3ccccc3C2=O)sc2c1CCCC2. The number of hydrogen-bond donors (Lipinski definition) is 1. The Bertz CT molecular complexity index is 1120. The van der Waals surface area contributed by atoms with Crippen LogP contribution in [-0.4, -0.2) is 42.2 Å². The number of anilines is 1. The highest BCUT2D eigenvalue weighted by Gasteiger charge is 2.34. The van der Waals surface area contributed by atoms with E-state index in [1.54, 1.807) is 24.3 Å². The summed E-state index contributed by atoms with van der Waals surface area (Å²) < 4.78 is 4.98. The molecule has 2 aromatic rings. The Kier molecular flexibility index (Phi) is 9.50. The van der Waals surface area contributed by atoms with Crippen molar-refractivity contribution in [3.63, 3.8) is 0 Å². The number of rotatable bonds is 13. The number of imide groups is 1. The molecule has 2 heterocycles. The van der Waals surface area contributed by atoms with Gasteiger partial charge in [-0.15, -0.1) is 11.3 Å². The van der Waals surface area contributed by atoms with Crippen molar-refractivity contribution in [1.82, 2.24) is 4.90 Å². The number of methoxy groups -OCH3 is 1. The molecular formula is C29H36N2O5S. The van der Waals surface area contributed by atoms with Crippen LogP contribution in [0.1, 0.15) is 112 Å². The Labute approximate surface area is 222 Å². The van der Waals surface area contributed by atoms with Crippen molar-refractivity contribution in [3.05, 3.63) is 51.4 Å². The van der Waals surface area contributed by atoms with E-state index < -0.39 is 0 Å². The van der Waals surface area contributed by atoms with Gasteiger partial charge in [0.1, 0.15) is 5.00 Å². The van der Waals surface area contributed by atoms with Crippen molar-refractivity contribution >= 4 is 40.0 Å². The van der Waals surface area contributed by atoms with E-state index in [-0.39, 0.29) is 23.7 Å². The number of benzene rings is 1. The second-order valence-corrected chi connectivity index (χ2v) is 10.9. The van der Waals surface area contributed by atoms with Gasteiger partial charge in [0.05, 0.1) is 23.8 Å². The lowest BCUT2D eigenvalue weighted by atomic mass is 9.95. The van der Waals surface area contributed by atoms with Gasteiger partial charge >= 0.3 is 5.97 Å². The standard InChI is InChI=1S/C29H36N2O5S/c1-36-29(35)25-22-16-11-12-17-23(22)37-26(25)30-24(32)18-8-6-4-2-3-5-7-13-19-31-27(33)20-14-9-10-15-21(20)28(31)34/h9-10,14-15H,2-8,11-13,16-19H2,1H3,(H,30,32). The number of nitrogens with zero attached hydrogens (tertiary/aromatic N) is 1. The molecule has 0 spiro atoms. The van der Waals surface area contributed by atoms with Gasteiger partial charge in [-0.2, -0.15) is 0 Å². The van der Waals surface area contributed by atoms with Crippen LogP contribution in [0.25, 0.3) is 0 Å². The maximum absolute atomic E-state index is 12.5. The van der Waals surface area contributed by atoms with Gasteiger partial charge in [-0.25, -0.2) is 4.79 Å². The van der Waals surface area contributed by atoms with E-state index in [1.807, 2.05) is 0 Å². The van der Waals surface area contributed by atoms with Crippen LogP contribution in [0, 0.1) is 0 Å². The Hall–Kier alpha value is -3.00. The average molecular weight is 525 g/mol. The normalized spacial score (nSPS) is 14.5. The highest BCUT2D eigenvalue weighted by Crippen LogP contribution is 2.38. The fourth-order valence-electron chi connectivity index (χ4n) is 5.22. The van der Waals surface area contributed by atoms with E-state index in [0.717, 1.165) is 82.6 Å². The first-order valence-electron chi connectivity index (χ1n) is 13.5. The largest absolute Gasteiger partial charge is 0.465 e. The molecule has 7 nitrogen and oxygen atoms in total. The van der Waals surface area contributed by atoms with Gasteiger partial charge in [-0.1, -0.05) is 50.7 Å². The summed E-state index contributed by atoms with van der Waals surface area (Å²) in [4.78, 5) is 52.2. The zero-order valence-electron chi connectivity index (χ0n) is 21.6. The Morgan fingerprint density at radius 3 is 2.14 bits per heavy atom. The number of amides is 3. The first-order chi connectivity index (χ1) is 18.0. The van der Waals surface area contributed by atoms with Gasteiger partial charge in [-0.05, 0) is 56.2 Å². The number of aryl methyl sites for hydroxylation is 1. The third-order valence-electron chi connectivity index (χ3n) is 7.23. The highest BCUT2D eigenvalue weighted by molar-refractivity contribution is 7.17. The molecular weight excluding hydrogens is 488 g/mol. The minimum Gasteiger partial charge on any atom is -0.465 e. The number of esters is 1. The fourth-order valence-corrected chi connectivity index (χ4v) is 6.51. The van der Waals surface area contributed by atoms with Crippen LogP contribution in [0.5, 0.6) is 0 Å². The molecule has 0 bridgehead atoms. The lowest BCUT2D eigenvalue weighted by Crippen LogP contribution is -2.30. The van der Waals surface area contributed by atoms with Crippen molar-refractivity contribution in [2.75, 3.05) is 19.0 Å². The van der Waals surface area contributed by atoms with E-state index in [1.165, 1.54) is 28.2 Å². The summed E-state index contributed by atoms with van der Waals surface area (Å²) in [5.41, 5.74) is 2.64. The van der Waals surface area contributed by atoms with Crippen LogP contribution in [-0.2, 0) is 22.4 Å². The average Bonchev–Trinajstić information content (AvgIpc) is 3.39. The highest BCUT2D eigenvalue weighted by atomic mass is 32.1. The summed E-state index contributed by atoms with van der Waals surface area (Å²) in [6.07, 6.45) is 12.5. The molecule has 1 N–H and O–H groups in total. The number of ether oxygens (including phenoxy) is 1. The monoisotopic (exact) mass is 524 g/mol. The molecule has 1 aromatic heterocycles. The molecule has 0 unspecified atom stereocenters. The Morgan fingerprint density at radius 2 is 1.49 bits per heavy atom. The quantitative estimate of drug-likeness (QED) is 0.192. The number of fused-ring (bicyclic) bond motifs is 2. The molecule has 198 valence electrons. The molecule has 1 aromatic carbocycles. The summed E-state index contributed by atoms with van der Waals surface area (Å²) >= 11 is 1.52. The van der Waals surface area contributed by atoms with E-state index in [4.69, 9.17) is 4.74 Å². The number of unbranched alkanes of at least 4 members (excludes halogenated alkanes) is 7. The molecule has 1 aliphatic heterocycles. The van der Waals surface area contributed by atoms with Crippen LogP contribution in [0.15, 0.2) is 24.3 Å². The number of nitrogens with one attached hydrogen (secondary N) is 1. The topological polar surface area (TPSA) is 92.8 Å². The van der Waals surface area contributed by atoms with Crippen LogP contribution >= 0.6 is 11.3 Å². The summed E-state index contributed by atoms with van der Waals surface area (Å²) in [5, 5.41) is 3.61. The summed E-state index contributed by atoms with van der Waals surface area (Å²) in [6, 6.07) is 7.01. The Morgan fingerprint density at radius 1 is 0.892 bits per heavy atom. The van der Waals surface area contributed by atoms with Crippen molar-refractivity contribution in [3.8, 4) is 0 Å². The molecule has 0 radical (unpaired) electrons. The maximum atomic E-state index is 12.5. The van der Waals surface area contributed by atoms with Crippen molar-refractivity contribution in [2.24, 2.45) is 0 Å². The molecule has 0 saturated carbocycles. The maximum Gasteiger partial charge on any atom is 0.341 e. The van der Waals surface area contributed by atoms with Gasteiger partial charge in [0.2, 0.25) is 5.91 Å². The first-order valence-corrected chi connectivity index (χ1v) is 14.3. The van der Waals surface area contributed by atoms with Crippen LogP contribution in [0.2, 0.25) is 0 Å². The molecule has 8 heteroatoms. The molecule has 3 amide bonds. The number of hydrogen-bond acceptors (Lipinski definition) is 6. The molecule has 0 fully saturated rings. The second kappa shape index (κ2) is 13.0. The molecule has 0 atom stereocenters. The van der Waals surface area contributed by atoms with E-state index in [2.05, 4.69) is 5.32 Å². The lowest BCUT2D eigenvalue weighted by molar-refractivity contribution is -0.116. The minimum absolute atomic E-state index is 0.0445. The van der Waals surface area contributed by atoms with E-state index in [0.29, 0.717) is 34.7 Å². The minimum atomic E-state index is -0.363. The zero-order valence-corrected chi connectivity index (χ0v) is 22.4. The fraction of sp³-hybridized carbons (Fsp3) is 0.517. The number of carbonyl (C=O) groups excluding carboxylic acids is 4. The zero-order chi connectivity index (χ0) is 26.2. The van der Waals surface area contributed by atoms with Crippen LogP contribution in [0.4, 0.5) is 5.00 Å². The number of carbonyl (C=O) groups is 4. The van der Waals surface area contributed by atoms with Gasteiger partial charge in [0.25, 0.3) is 11.8 Å². The molecule has 4 rings (SSSR count). The van der Waals surface area contributed by atoms with E-state index in [9.17, 15) is 19.2 Å². The molecule has 37 heavy (non-hydrogen) atoms. The van der Waals surface area contributed by atoms with Gasteiger partial charge < -0.3 is 10.1 Å². The first kappa shape index (κ1) is 27.0. The Balaban J connectivity index is 1.07. The predicted molar refractivity (Wildman–Crippen MR) is 144 cm³/mol. The van der Waals surface area contributed by atoms with Crippen molar-refractivity contribution in [1.29, 1.82) is 0 Å². The summed E-state index contributed by atoms with van der Waals surface area (Å²) in [5.74, 6) is -0.759. The molecule has 1 aliphatic carbocycles. The van der Waals surface area contributed by atoms with Crippen LogP contribution in [0.3, 0.4) is 0 Å². The molecule has 2 aliphatic rings. The van der Waals surface area contributed by atoms with Gasteiger partial charge in [0, 0.05) is 17.8 Å². The third kappa shape index (κ3) is 6.47. The van der Waals surface area contributed by atoms with Crippen molar-refractivity contribution in [2.45, 2.75) is 83.5 Å². The third-order valence-corrected chi connectivity index (χ3v) is 8.43. The smallest absolute Gasteiger partial charge is 0.341 e. The van der Waals surface area contributed by atoms with Gasteiger partial charge in [0.15, 0.2) is 0 Å². The van der Waals surface area contributed by atoms with Crippen molar-refractivity contribution < 1.29 is 23.9 Å². The summed E-state index contributed by atoms with van der Waals surface area (Å²) in [7, 11) is 1.38. The lowest BCUT2D eigenvalue weighted by Gasteiger charge is -2.13. The molecule has 0 saturated heterocycles. The number of thiophene rings is 1. The van der Waals surface area contributed by atoms with E-state index >= 15 is 0 Å².